The van der Waals surface area contributed by atoms with Crippen LogP contribution in [0.2, 0.25) is 0 Å². The van der Waals surface area contributed by atoms with Crippen LogP contribution in [-0.4, -0.2) is 26.5 Å². The molecule has 0 fully saturated rings. The lowest BCUT2D eigenvalue weighted by Gasteiger charge is -2.13. The molecule has 1 aromatic carbocycles. The van der Waals surface area contributed by atoms with Crippen molar-refractivity contribution in [1.82, 2.24) is 0 Å². The number of methoxy groups -OCH3 is 2. The average Bonchev–Trinajstić information content (AvgIpc) is 2.37. The minimum Gasteiger partial charge on any atom is -0.497 e. The average molecular weight is 237 g/mol. The van der Waals surface area contributed by atoms with Gasteiger partial charge in [-0.2, -0.15) is 0 Å². The first-order chi connectivity index (χ1) is 8.13. The second-order valence-electron chi connectivity index (χ2n) is 3.91. The van der Waals surface area contributed by atoms with Crippen LogP contribution in [0.15, 0.2) is 18.2 Å². The number of nitrogens with two attached hydrogens (primary N) is 1. The molecule has 0 spiro atoms. The summed E-state index contributed by atoms with van der Waals surface area (Å²) in [6, 6.07) is 5.21. The molecule has 0 aliphatic heterocycles. The first kappa shape index (κ1) is 13.5. The van der Waals surface area contributed by atoms with Gasteiger partial charge in [0.05, 0.1) is 19.8 Å². The van der Waals surface area contributed by atoms with Gasteiger partial charge in [0.25, 0.3) is 0 Å². The van der Waals surface area contributed by atoms with Gasteiger partial charge in [-0.05, 0) is 31.2 Å². The van der Waals surface area contributed by atoms with Gasteiger partial charge in [-0.1, -0.05) is 6.92 Å². The molecule has 17 heavy (non-hydrogen) atoms. The largest absolute Gasteiger partial charge is 0.497 e. The van der Waals surface area contributed by atoms with E-state index in [-0.39, 0.29) is 11.7 Å². The highest BCUT2D eigenvalue weighted by molar-refractivity contribution is 6.00. The molecule has 0 saturated carbocycles. The second kappa shape index (κ2) is 6.25. The number of carbonyl (C=O) groups is 1. The van der Waals surface area contributed by atoms with Crippen LogP contribution < -0.4 is 15.2 Å². The Morgan fingerprint density at radius 2 is 2.06 bits per heavy atom. The number of ether oxygens (including phenoxy) is 2. The molecule has 0 aliphatic rings. The maximum absolute atomic E-state index is 12.2. The summed E-state index contributed by atoms with van der Waals surface area (Å²) in [6.07, 6.45) is 0.666. The maximum atomic E-state index is 12.2. The molecule has 0 aliphatic carbocycles. The molecule has 0 aromatic heterocycles. The lowest BCUT2D eigenvalue weighted by atomic mass is 9.95. The van der Waals surface area contributed by atoms with Gasteiger partial charge in [0, 0.05) is 5.92 Å². The molecular weight excluding hydrogens is 218 g/mol. The van der Waals surface area contributed by atoms with E-state index in [1.807, 2.05) is 6.92 Å². The Bertz CT molecular complexity index is 390. The van der Waals surface area contributed by atoms with Crippen LogP contribution in [0.1, 0.15) is 23.7 Å². The third-order valence-electron chi connectivity index (χ3n) is 2.72. The SMILES string of the molecule is COc1ccc(OC)c(C(=O)C(C)CCN)c1. The summed E-state index contributed by atoms with van der Waals surface area (Å²) in [5, 5.41) is 0. The van der Waals surface area contributed by atoms with Crippen LogP contribution >= 0.6 is 0 Å². The summed E-state index contributed by atoms with van der Waals surface area (Å²) in [6.45, 7) is 2.37. The monoisotopic (exact) mass is 237 g/mol. The maximum Gasteiger partial charge on any atom is 0.169 e. The molecule has 1 rings (SSSR count). The summed E-state index contributed by atoms with van der Waals surface area (Å²) >= 11 is 0. The van der Waals surface area contributed by atoms with Crippen molar-refractivity contribution in [2.45, 2.75) is 13.3 Å². The van der Waals surface area contributed by atoms with E-state index in [1.54, 1.807) is 32.4 Å². The zero-order valence-corrected chi connectivity index (χ0v) is 10.5. The summed E-state index contributed by atoms with van der Waals surface area (Å²) in [7, 11) is 3.12. The first-order valence-corrected chi connectivity index (χ1v) is 5.60. The van der Waals surface area contributed by atoms with Crippen molar-refractivity contribution < 1.29 is 14.3 Å². The number of benzene rings is 1. The number of hydrogen-bond donors (Lipinski definition) is 1. The van der Waals surface area contributed by atoms with Gasteiger partial charge in [-0.25, -0.2) is 0 Å². The molecule has 0 saturated heterocycles. The van der Waals surface area contributed by atoms with Crippen LogP contribution in [0.5, 0.6) is 11.5 Å². The summed E-state index contributed by atoms with van der Waals surface area (Å²) < 4.78 is 10.3. The van der Waals surface area contributed by atoms with Crippen LogP contribution in [0.4, 0.5) is 0 Å². The molecule has 4 nitrogen and oxygen atoms in total. The molecule has 0 amide bonds. The van der Waals surface area contributed by atoms with Crippen molar-refractivity contribution in [3.05, 3.63) is 23.8 Å². The van der Waals surface area contributed by atoms with Gasteiger partial charge in [0.15, 0.2) is 5.78 Å². The van der Waals surface area contributed by atoms with Crippen molar-refractivity contribution in [2.75, 3.05) is 20.8 Å². The van der Waals surface area contributed by atoms with Crippen molar-refractivity contribution in [1.29, 1.82) is 0 Å². The van der Waals surface area contributed by atoms with E-state index in [9.17, 15) is 4.79 Å². The first-order valence-electron chi connectivity index (χ1n) is 5.60. The molecule has 1 atom stereocenters. The van der Waals surface area contributed by atoms with E-state index >= 15 is 0 Å². The van der Waals surface area contributed by atoms with Gasteiger partial charge in [-0.3, -0.25) is 4.79 Å². The van der Waals surface area contributed by atoms with Gasteiger partial charge in [0.2, 0.25) is 0 Å². The standard InChI is InChI=1S/C13H19NO3/c1-9(6-7-14)13(15)11-8-10(16-2)4-5-12(11)17-3/h4-5,8-9H,6-7,14H2,1-3H3. The van der Waals surface area contributed by atoms with E-state index in [4.69, 9.17) is 15.2 Å². The fraction of sp³-hybridized carbons (Fsp3) is 0.462. The quantitative estimate of drug-likeness (QED) is 0.767. The number of carbonyl (C=O) groups excluding carboxylic acids is 1. The summed E-state index contributed by atoms with van der Waals surface area (Å²) in [5.41, 5.74) is 6.01. The minimum atomic E-state index is -0.110. The normalized spacial score (nSPS) is 12.0. The smallest absolute Gasteiger partial charge is 0.169 e. The van der Waals surface area contributed by atoms with Crippen LogP contribution in [-0.2, 0) is 0 Å². The Kier molecular flexibility index (Phi) is 4.97. The van der Waals surface area contributed by atoms with E-state index in [0.29, 0.717) is 30.0 Å². The van der Waals surface area contributed by atoms with Crippen LogP contribution in [0.25, 0.3) is 0 Å². The molecular formula is C13H19NO3. The number of ketones is 1. The molecule has 0 heterocycles. The van der Waals surface area contributed by atoms with Gasteiger partial charge >= 0.3 is 0 Å². The molecule has 94 valence electrons. The lowest BCUT2D eigenvalue weighted by molar-refractivity contribution is 0.0922. The minimum absolute atomic E-state index is 0.0335. The fourth-order valence-corrected chi connectivity index (χ4v) is 1.65. The highest BCUT2D eigenvalue weighted by atomic mass is 16.5. The van der Waals surface area contributed by atoms with Crippen LogP contribution in [0, 0.1) is 5.92 Å². The Labute approximate surface area is 102 Å². The highest BCUT2D eigenvalue weighted by Crippen LogP contribution is 2.26. The van der Waals surface area contributed by atoms with Crippen molar-refractivity contribution in [2.24, 2.45) is 11.7 Å². The van der Waals surface area contributed by atoms with Gasteiger partial charge < -0.3 is 15.2 Å². The molecule has 1 aromatic rings. The number of Topliss-reactive ketones (excluding diaryl/α,β-unsaturated/α-hetero) is 1. The van der Waals surface area contributed by atoms with E-state index < -0.39 is 0 Å². The van der Waals surface area contributed by atoms with Crippen molar-refractivity contribution in [3.8, 4) is 11.5 Å². The lowest BCUT2D eigenvalue weighted by Crippen LogP contribution is -2.16. The molecule has 4 heteroatoms. The number of hydrogen-bond acceptors (Lipinski definition) is 4. The molecule has 2 N–H and O–H groups in total. The van der Waals surface area contributed by atoms with Crippen molar-refractivity contribution in [3.63, 3.8) is 0 Å². The van der Waals surface area contributed by atoms with Gasteiger partial charge in [0.1, 0.15) is 11.5 Å². The molecule has 0 radical (unpaired) electrons. The Balaban J connectivity index is 3.05. The van der Waals surface area contributed by atoms with Gasteiger partial charge in [-0.15, -0.1) is 0 Å². The van der Waals surface area contributed by atoms with Crippen molar-refractivity contribution >= 4 is 5.78 Å². The highest BCUT2D eigenvalue weighted by Gasteiger charge is 2.19. The Hall–Kier alpha value is -1.55. The second-order valence-corrected chi connectivity index (χ2v) is 3.91. The zero-order valence-electron chi connectivity index (χ0n) is 10.5. The van der Waals surface area contributed by atoms with E-state index in [1.165, 1.54) is 0 Å². The topological polar surface area (TPSA) is 61.5 Å². The Morgan fingerprint density at radius 3 is 2.59 bits per heavy atom. The summed E-state index contributed by atoms with van der Waals surface area (Å²) in [4.78, 5) is 12.2. The zero-order chi connectivity index (χ0) is 12.8. The Morgan fingerprint density at radius 1 is 1.35 bits per heavy atom. The van der Waals surface area contributed by atoms with E-state index in [2.05, 4.69) is 0 Å². The van der Waals surface area contributed by atoms with Crippen LogP contribution in [0.3, 0.4) is 0 Å². The predicted molar refractivity (Wildman–Crippen MR) is 66.7 cm³/mol. The fourth-order valence-electron chi connectivity index (χ4n) is 1.65. The molecule has 0 bridgehead atoms. The van der Waals surface area contributed by atoms with E-state index in [0.717, 1.165) is 0 Å². The third-order valence-corrected chi connectivity index (χ3v) is 2.72. The summed E-state index contributed by atoms with van der Waals surface area (Å²) in [5.74, 6) is 1.14. The number of rotatable bonds is 6. The molecule has 1 unspecified atom stereocenters. The predicted octanol–water partition coefficient (Wildman–Crippen LogP) is 1.87. The third kappa shape index (κ3) is 3.20.